The molecule has 0 aliphatic heterocycles. The molecule has 0 aromatic heterocycles. The zero-order valence-corrected chi connectivity index (χ0v) is 26.7. The van der Waals surface area contributed by atoms with Crippen LogP contribution in [0, 0.1) is 5.92 Å². The lowest BCUT2D eigenvalue weighted by atomic mass is 10.0. The van der Waals surface area contributed by atoms with Gasteiger partial charge in [0.25, 0.3) is 0 Å². The highest BCUT2D eigenvalue weighted by atomic mass is 16.6. The summed E-state index contributed by atoms with van der Waals surface area (Å²) in [6.45, 7) is 12.5. The molecule has 0 heterocycles. The predicted octanol–water partition coefficient (Wildman–Crippen LogP) is 7.92. The van der Waals surface area contributed by atoms with Crippen LogP contribution in [0.4, 0.5) is 0 Å². The SMILES string of the molecule is CCCCCCCCCCCCCCCCCC(=O)OCCOCCOCCOCCOCCOCC(C)CC. The van der Waals surface area contributed by atoms with E-state index in [-0.39, 0.29) is 5.97 Å². The Morgan fingerprint density at radius 2 is 0.825 bits per heavy atom. The summed E-state index contributed by atoms with van der Waals surface area (Å²) >= 11 is 0. The number of hydrogen-bond acceptors (Lipinski definition) is 7. The molecule has 0 aromatic rings. The number of hydrogen-bond donors (Lipinski definition) is 0. The van der Waals surface area contributed by atoms with Gasteiger partial charge >= 0.3 is 5.97 Å². The van der Waals surface area contributed by atoms with Crippen molar-refractivity contribution in [3.63, 3.8) is 0 Å². The van der Waals surface area contributed by atoms with E-state index in [4.69, 9.17) is 28.4 Å². The van der Waals surface area contributed by atoms with Gasteiger partial charge in [0.15, 0.2) is 0 Å². The number of rotatable bonds is 34. The van der Waals surface area contributed by atoms with Crippen LogP contribution >= 0.6 is 0 Å². The van der Waals surface area contributed by atoms with Gasteiger partial charge in [-0.3, -0.25) is 4.79 Å². The van der Waals surface area contributed by atoms with E-state index in [0.717, 1.165) is 25.9 Å². The Balaban J connectivity index is 3.15. The zero-order chi connectivity index (χ0) is 29.2. The highest BCUT2D eigenvalue weighted by molar-refractivity contribution is 5.69. The summed E-state index contributed by atoms with van der Waals surface area (Å²) in [5, 5.41) is 0. The highest BCUT2D eigenvalue weighted by Crippen LogP contribution is 2.13. The molecule has 0 saturated heterocycles. The van der Waals surface area contributed by atoms with Gasteiger partial charge in [0.2, 0.25) is 0 Å². The molecule has 0 radical (unpaired) electrons. The fourth-order valence-electron chi connectivity index (χ4n) is 4.21. The molecule has 0 spiro atoms. The first kappa shape index (κ1) is 39.3. The van der Waals surface area contributed by atoms with Crippen molar-refractivity contribution in [3.05, 3.63) is 0 Å². The molecule has 0 amide bonds. The smallest absolute Gasteiger partial charge is 0.305 e. The van der Waals surface area contributed by atoms with Gasteiger partial charge in [0, 0.05) is 13.0 Å². The first-order valence-corrected chi connectivity index (χ1v) is 16.7. The van der Waals surface area contributed by atoms with E-state index in [9.17, 15) is 4.79 Å². The minimum Gasteiger partial charge on any atom is -0.463 e. The van der Waals surface area contributed by atoms with Crippen molar-refractivity contribution in [2.24, 2.45) is 5.92 Å². The van der Waals surface area contributed by atoms with E-state index >= 15 is 0 Å². The number of ether oxygens (including phenoxy) is 6. The molecule has 0 bridgehead atoms. The molecule has 1 unspecified atom stereocenters. The Morgan fingerprint density at radius 3 is 1.23 bits per heavy atom. The van der Waals surface area contributed by atoms with Gasteiger partial charge in [-0.15, -0.1) is 0 Å². The maximum Gasteiger partial charge on any atom is 0.305 e. The second-order valence-electron chi connectivity index (χ2n) is 11.0. The molecule has 40 heavy (non-hydrogen) atoms. The Bertz CT molecular complexity index is 489. The molecular weight excluding hydrogens is 508 g/mol. The van der Waals surface area contributed by atoms with Crippen LogP contribution in [0.25, 0.3) is 0 Å². The molecule has 0 rings (SSSR count). The second-order valence-corrected chi connectivity index (χ2v) is 11.0. The summed E-state index contributed by atoms with van der Waals surface area (Å²) < 4.78 is 32.6. The molecule has 0 N–H and O–H groups in total. The molecule has 1 atom stereocenters. The summed E-state index contributed by atoms with van der Waals surface area (Å²) in [7, 11) is 0. The number of esters is 1. The summed E-state index contributed by atoms with van der Waals surface area (Å²) in [6, 6.07) is 0. The Hall–Kier alpha value is -0.730. The average Bonchev–Trinajstić information content (AvgIpc) is 2.96. The van der Waals surface area contributed by atoms with Crippen molar-refractivity contribution in [2.75, 3.05) is 72.7 Å². The van der Waals surface area contributed by atoms with Crippen LogP contribution in [-0.2, 0) is 33.2 Å². The van der Waals surface area contributed by atoms with Gasteiger partial charge in [0.05, 0.1) is 59.5 Å². The van der Waals surface area contributed by atoms with Crippen LogP contribution in [0.2, 0.25) is 0 Å². The maximum absolute atomic E-state index is 11.8. The Morgan fingerprint density at radius 1 is 0.475 bits per heavy atom. The van der Waals surface area contributed by atoms with Gasteiger partial charge < -0.3 is 28.4 Å². The van der Waals surface area contributed by atoms with E-state index in [0.29, 0.717) is 78.4 Å². The second kappa shape index (κ2) is 34.5. The standard InChI is InChI=1S/C33H66O7/c1-4-6-7-8-9-10-11-12-13-14-15-16-17-18-19-20-33(34)40-30-29-38-26-25-36-22-21-35-23-24-37-27-28-39-31-32(3)5-2/h32H,4-31H2,1-3H3. The van der Waals surface area contributed by atoms with Crippen LogP contribution in [-0.4, -0.2) is 78.6 Å². The lowest BCUT2D eigenvalue weighted by Crippen LogP contribution is -2.15. The Kier molecular flexibility index (Phi) is 33.8. The van der Waals surface area contributed by atoms with Crippen molar-refractivity contribution in [3.8, 4) is 0 Å². The maximum atomic E-state index is 11.8. The summed E-state index contributed by atoms with van der Waals surface area (Å²) in [5.41, 5.74) is 0. The van der Waals surface area contributed by atoms with Crippen LogP contribution in [0.1, 0.15) is 130 Å². The number of unbranched alkanes of at least 4 members (excludes halogenated alkanes) is 14. The van der Waals surface area contributed by atoms with Gasteiger partial charge in [0.1, 0.15) is 6.61 Å². The van der Waals surface area contributed by atoms with Crippen molar-refractivity contribution < 1.29 is 33.2 Å². The largest absolute Gasteiger partial charge is 0.463 e. The van der Waals surface area contributed by atoms with Crippen molar-refractivity contribution >= 4 is 5.97 Å². The normalized spacial score (nSPS) is 12.2. The minimum absolute atomic E-state index is 0.116. The van der Waals surface area contributed by atoms with E-state index in [1.807, 2.05) is 0 Å². The molecule has 240 valence electrons. The molecular formula is C33H66O7. The first-order valence-electron chi connectivity index (χ1n) is 16.7. The van der Waals surface area contributed by atoms with Crippen LogP contribution < -0.4 is 0 Å². The monoisotopic (exact) mass is 574 g/mol. The van der Waals surface area contributed by atoms with Gasteiger partial charge in [-0.2, -0.15) is 0 Å². The molecule has 7 nitrogen and oxygen atoms in total. The number of carbonyl (C=O) groups excluding carboxylic acids is 1. The van der Waals surface area contributed by atoms with Crippen LogP contribution in [0.3, 0.4) is 0 Å². The predicted molar refractivity (Wildman–Crippen MR) is 164 cm³/mol. The van der Waals surface area contributed by atoms with Crippen molar-refractivity contribution in [1.82, 2.24) is 0 Å². The molecule has 0 aliphatic rings. The summed E-state index contributed by atoms with van der Waals surface area (Å²) in [4.78, 5) is 11.8. The van der Waals surface area contributed by atoms with Gasteiger partial charge in [-0.1, -0.05) is 117 Å². The van der Waals surface area contributed by atoms with Crippen LogP contribution in [0.5, 0.6) is 0 Å². The molecule has 0 aliphatic carbocycles. The van der Waals surface area contributed by atoms with E-state index in [1.165, 1.54) is 83.5 Å². The Labute approximate surface area is 247 Å². The first-order chi connectivity index (χ1) is 19.7. The third-order valence-electron chi connectivity index (χ3n) is 7.06. The average molecular weight is 575 g/mol. The quantitative estimate of drug-likeness (QED) is 0.0571. The molecule has 0 saturated carbocycles. The lowest BCUT2D eigenvalue weighted by Gasteiger charge is -2.10. The van der Waals surface area contributed by atoms with E-state index < -0.39 is 0 Å². The van der Waals surface area contributed by atoms with Gasteiger partial charge in [-0.05, 0) is 12.3 Å². The summed E-state index contributed by atoms with van der Waals surface area (Å²) in [5.74, 6) is 0.485. The van der Waals surface area contributed by atoms with E-state index in [2.05, 4.69) is 20.8 Å². The fourth-order valence-corrected chi connectivity index (χ4v) is 4.21. The topological polar surface area (TPSA) is 72.5 Å². The number of carbonyl (C=O) groups is 1. The third kappa shape index (κ3) is 33.5. The zero-order valence-electron chi connectivity index (χ0n) is 26.7. The highest BCUT2D eigenvalue weighted by Gasteiger charge is 2.03. The molecule has 0 aromatic carbocycles. The molecule has 0 fully saturated rings. The van der Waals surface area contributed by atoms with Crippen LogP contribution in [0.15, 0.2) is 0 Å². The lowest BCUT2D eigenvalue weighted by molar-refractivity contribution is -0.145. The fraction of sp³-hybridized carbons (Fsp3) is 0.970. The van der Waals surface area contributed by atoms with Crippen molar-refractivity contribution in [2.45, 2.75) is 130 Å². The van der Waals surface area contributed by atoms with E-state index in [1.54, 1.807) is 0 Å². The minimum atomic E-state index is -0.116. The third-order valence-corrected chi connectivity index (χ3v) is 7.06. The molecule has 7 heteroatoms. The summed E-state index contributed by atoms with van der Waals surface area (Å²) in [6.07, 6.45) is 21.5. The van der Waals surface area contributed by atoms with Gasteiger partial charge in [-0.25, -0.2) is 0 Å². The van der Waals surface area contributed by atoms with Crippen molar-refractivity contribution in [1.29, 1.82) is 0 Å².